The lowest BCUT2D eigenvalue weighted by molar-refractivity contribution is 1.18. The molecule has 0 unspecified atom stereocenters. The lowest BCUT2D eigenvalue weighted by Gasteiger charge is -1.99. The number of hydrogen-bond acceptors (Lipinski definition) is 3. The number of nitrogens with zero attached hydrogens (tertiary/aromatic N) is 1. The van der Waals surface area contributed by atoms with Gasteiger partial charge in [-0.1, -0.05) is 46.9 Å². The topological polar surface area (TPSA) is 38.9 Å². The number of anilines is 1. The van der Waals surface area contributed by atoms with E-state index in [0.29, 0.717) is 5.13 Å². The minimum atomic E-state index is 0.626. The fourth-order valence-corrected chi connectivity index (χ4v) is 2.57. The molecule has 1 aromatic carbocycles. The number of halogens is 1. The van der Waals surface area contributed by atoms with Crippen molar-refractivity contribution in [1.29, 1.82) is 0 Å². The van der Waals surface area contributed by atoms with E-state index >= 15 is 0 Å². The van der Waals surface area contributed by atoms with Crippen molar-refractivity contribution < 1.29 is 0 Å². The summed E-state index contributed by atoms with van der Waals surface area (Å²) in [4.78, 5) is 4.25. The van der Waals surface area contributed by atoms with E-state index in [2.05, 4.69) is 51.8 Å². The Morgan fingerprint density at radius 2 is 2.00 bits per heavy atom. The van der Waals surface area contributed by atoms with Gasteiger partial charge in [0.05, 0.1) is 5.69 Å². The predicted molar refractivity (Wildman–Crippen MR) is 74.6 cm³/mol. The van der Waals surface area contributed by atoms with Crippen LogP contribution in [0, 0.1) is 0 Å². The molecule has 2 aromatic rings. The molecule has 0 aliphatic heterocycles. The molecule has 15 heavy (non-hydrogen) atoms. The molecule has 0 radical (unpaired) electrons. The molecule has 78 valence electrons. The highest BCUT2D eigenvalue weighted by Crippen LogP contribution is 2.23. The molecule has 0 saturated carbocycles. The van der Waals surface area contributed by atoms with Crippen molar-refractivity contribution >= 4 is 39.1 Å². The quantitative estimate of drug-likeness (QED) is 0.692. The molecule has 0 bridgehead atoms. The predicted octanol–water partition coefficient (Wildman–Crippen LogP) is 3.37. The van der Waals surface area contributed by atoms with E-state index in [9.17, 15) is 0 Å². The Labute approximate surface area is 107 Å². The van der Waals surface area contributed by atoms with Crippen molar-refractivity contribution in [2.24, 2.45) is 0 Å². The fraction of sp³-hybridized carbons (Fsp3) is 0.182. The van der Waals surface area contributed by atoms with Gasteiger partial charge in [-0.05, 0) is 12.0 Å². The lowest BCUT2D eigenvalue weighted by atomic mass is 10.1. The average Bonchev–Trinajstić information content (AvgIpc) is 2.67. The second kappa shape index (κ2) is 4.94. The number of nitrogens with two attached hydrogens (primary N) is 1. The van der Waals surface area contributed by atoms with Crippen LogP contribution in [0.3, 0.4) is 0 Å². The van der Waals surface area contributed by atoms with Gasteiger partial charge in [-0.25, -0.2) is 4.98 Å². The van der Waals surface area contributed by atoms with E-state index in [1.165, 1.54) is 16.9 Å². The molecule has 0 atom stereocenters. The summed E-state index contributed by atoms with van der Waals surface area (Å²) in [7, 11) is 0. The summed E-state index contributed by atoms with van der Waals surface area (Å²) in [6.07, 6.45) is 1.13. The van der Waals surface area contributed by atoms with Crippen molar-refractivity contribution in [2.75, 3.05) is 10.2 Å². The number of nitrogen functional groups attached to an aromatic ring is 1. The molecule has 0 aliphatic rings. The zero-order chi connectivity index (χ0) is 10.7. The monoisotopic (exact) mass is 330 g/mol. The molecular formula is C11H11IN2S. The van der Waals surface area contributed by atoms with Gasteiger partial charge in [0.15, 0.2) is 5.13 Å². The van der Waals surface area contributed by atoms with Gasteiger partial charge < -0.3 is 5.73 Å². The van der Waals surface area contributed by atoms with Crippen LogP contribution in [0.5, 0.6) is 0 Å². The SMILES string of the molecule is Nc1nc(-c2ccc(CCI)cc2)cs1. The molecule has 1 heterocycles. The van der Waals surface area contributed by atoms with Crippen LogP contribution in [-0.4, -0.2) is 9.41 Å². The van der Waals surface area contributed by atoms with Crippen LogP contribution in [0.1, 0.15) is 5.56 Å². The maximum atomic E-state index is 5.60. The van der Waals surface area contributed by atoms with Gasteiger partial charge in [0.2, 0.25) is 0 Å². The molecule has 2 N–H and O–H groups in total. The molecule has 2 rings (SSSR count). The second-order valence-corrected chi connectivity index (χ2v) is 5.18. The van der Waals surface area contributed by atoms with Crippen LogP contribution in [-0.2, 0) is 6.42 Å². The number of benzene rings is 1. The van der Waals surface area contributed by atoms with Gasteiger partial charge in [0.25, 0.3) is 0 Å². The standard InChI is InChI=1S/C11H11IN2S/c12-6-5-8-1-3-9(4-2-8)10-7-15-11(13)14-10/h1-4,7H,5-6H2,(H2,13,14). The number of alkyl halides is 1. The van der Waals surface area contributed by atoms with E-state index in [1.54, 1.807) is 0 Å². The van der Waals surface area contributed by atoms with Crippen LogP contribution in [0.4, 0.5) is 5.13 Å². The maximum Gasteiger partial charge on any atom is 0.180 e. The molecular weight excluding hydrogens is 319 g/mol. The largest absolute Gasteiger partial charge is 0.375 e. The summed E-state index contributed by atoms with van der Waals surface area (Å²) >= 11 is 3.87. The summed E-state index contributed by atoms with van der Waals surface area (Å²) in [5.41, 5.74) is 9.08. The Kier molecular flexibility index (Phi) is 3.58. The minimum absolute atomic E-state index is 0.626. The first-order valence-electron chi connectivity index (χ1n) is 4.66. The summed E-state index contributed by atoms with van der Waals surface area (Å²) in [5, 5.41) is 2.61. The average molecular weight is 330 g/mol. The Balaban J connectivity index is 2.23. The fourth-order valence-electron chi connectivity index (χ4n) is 1.37. The normalized spacial score (nSPS) is 10.5. The third-order valence-corrected chi connectivity index (χ3v) is 3.37. The first kappa shape index (κ1) is 10.9. The van der Waals surface area contributed by atoms with Crippen LogP contribution in [0.15, 0.2) is 29.6 Å². The van der Waals surface area contributed by atoms with Crippen LogP contribution < -0.4 is 5.73 Å². The summed E-state index contributed by atoms with van der Waals surface area (Å²) < 4.78 is 1.15. The minimum Gasteiger partial charge on any atom is -0.375 e. The van der Waals surface area contributed by atoms with Gasteiger partial charge in [-0.2, -0.15) is 0 Å². The van der Waals surface area contributed by atoms with Crippen molar-refractivity contribution in [2.45, 2.75) is 6.42 Å². The Hall–Kier alpha value is -0.620. The first-order valence-corrected chi connectivity index (χ1v) is 7.06. The third-order valence-electron chi connectivity index (χ3n) is 2.15. The highest BCUT2D eigenvalue weighted by atomic mass is 127. The van der Waals surface area contributed by atoms with E-state index in [0.717, 1.165) is 22.1 Å². The van der Waals surface area contributed by atoms with E-state index in [-0.39, 0.29) is 0 Å². The van der Waals surface area contributed by atoms with E-state index in [1.807, 2.05) is 5.38 Å². The first-order chi connectivity index (χ1) is 7.29. The Morgan fingerprint density at radius 1 is 1.27 bits per heavy atom. The number of aromatic nitrogens is 1. The van der Waals surface area contributed by atoms with Gasteiger partial charge in [0, 0.05) is 15.4 Å². The van der Waals surface area contributed by atoms with E-state index in [4.69, 9.17) is 5.73 Å². The lowest BCUT2D eigenvalue weighted by Crippen LogP contribution is -1.86. The van der Waals surface area contributed by atoms with Crippen molar-refractivity contribution in [3.05, 3.63) is 35.2 Å². The van der Waals surface area contributed by atoms with Crippen molar-refractivity contribution in [1.82, 2.24) is 4.98 Å². The summed E-state index contributed by atoms with van der Waals surface area (Å²) in [6.45, 7) is 0. The van der Waals surface area contributed by atoms with Gasteiger partial charge >= 0.3 is 0 Å². The molecule has 2 nitrogen and oxygen atoms in total. The highest BCUT2D eigenvalue weighted by Gasteiger charge is 2.01. The van der Waals surface area contributed by atoms with Crippen LogP contribution in [0.2, 0.25) is 0 Å². The van der Waals surface area contributed by atoms with Gasteiger partial charge in [-0.15, -0.1) is 11.3 Å². The van der Waals surface area contributed by atoms with E-state index < -0.39 is 0 Å². The number of thiazole rings is 1. The maximum absolute atomic E-state index is 5.60. The third kappa shape index (κ3) is 2.69. The molecule has 1 aromatic heterocycles. The summed E-state index contributed by atoms with van der Waals surface area (Å²) in [5.74, 6) is 0. The van der Waals surface area contributed by atoms with Crippen LogP contribution >= 0.6 is 33.9 Å². The Morgan fingerprint density at radius 3 is 2.53 bits per heavy atom. The molecule has 4 heteroatoms. The number of rotatable bonds is 3. The second-order valence-electron chi connectivity index (χ2n) is 3.21. The van der Waals surface area contributed by atoms with Gasteiger partial charge in [0.1, 0.15) is 0 Å². The molecule has 0 fully saturated rings. The zero-order valence-corrected chi connectivity index (χ0v) is 11.1. The zero-order valence-electron chi connectivity index (χ0n) is 8.11. The summed E-state index contributed by atoms with van der Waals surface area (Å²) in [6, 6.07) is 8.53. The number of hydrogen-bond donors (Lipinski definition) is 1. The van der Waals surface area contributed by atoms with Crippen molar-refractivity contribution in [3.8, 4) is 11.3 Å². The number of aryl methyl sites for hydroxylation is 1. The smallest absolute Gasteiger partial charge is 0.180 e. The van der Waals surface area contributed by atoms with Crippen molar-refractivity contribution in [3.63, 3.8) is 0 Å². The molecule has 0 spiro atoms. The van der Waals surface area contributed by atoms with Gasteiger partial charge in [-0.3, -0.25) is 0 Å². The molecule has 0 amide bonds. The van der Waals surface area contributed by atoms with Crippen LogP contribution in [0.25, 0.3) is 11.3 Å². The Bertz CT molecular complexity index is 436. The molecule has 0 saturated heterocycles. The molecule has 0 aliphatic carbocycles. The highest BCUT2D eigenvalue weighted by molar-refractivity contribution is 14.1.